The van der Waals surface area contributed by atoms with Crippen LogP contribution in [0.2, 0.25) is 0 Å². The Labute approximate surface area is 114 Å². The van der Waals surface area contributed by atoms with Gasteiger partial charge in [0.15, 0.2) is 0 Å². The molecule has 0 aromatic heterocycles. The Morgan fingerprint density at radius 3 is 2.74 bits per heavy atom. The van der Waals surface area contributed by atoms with Gasteiger partial charge in [-0.15, -0.1) is 0 Å². The molecule has 4 saturated heterocycles. The summed E-state index contributed by atoms with van der Waals surface area (Å²) in [6.07, 6.45) is 7.38. The normalized spacial score (nSPS) is 49.5. The average molecular weight is 264 g/mol. The summed E-state index contributed by atoms with van der Waals surface area (Å²) >= 11 is 0. The van der Waals surface area contributed by atoms with E-state index in [1.54, 1.807) is 0 Å². The van der Waals surface area contributed by atoms with Crippen LogP contribution in [0.25, 0.3) is 0 Å². The van der Waals surface area contributed by atoms with E-state index in [4.69, 9.17) is 0 Å². The van der Waals surface area contributed by atoms with Crippen LogP contribution in [0.4, 0.5) is 0 Å². The number of hydroxylamine groups is 3. The zero-order valence-corrected chi connectivity index (χ0v) is 11.6. The molecular weight excluding hydrogens is 240 g/mol. The number of quaternary nitrogens is 1. The van der Waals surface area contributed by atoms with Gasteiger partial charge in [0.1, 0.15) is 0 Å². The third-order valence-electron chi connectivity index (χ3n) is 6.19. The van der Waals surface area contributed by atoms with E-state index in [2.05, 4.69) is 4.90 Å². The predicted molar refractivity (Wildman–Crippen MR) is 71.9 cm³/mol. The van der Waals surface area contributed by atoms with Crippen LogP contribution in [0.15, 0.2) is 0 Å². The highest BCUT2D eigenvalue weighted by Crippen LogP contribution is 2.47. The number of amides is 1. The van der Waals surface area contributed by atoms with E-state index in [-0.39, 0.29) is 4.65 Å². The lowest BCUT2D eigenvalue weighted by Crippen LogP contribution is -2.71. The van der Waals surface area contributed by atoms with Crippen molar-refractivity contribution in [1.82, 2.24) is 4.90 Å². The van der Waals surface area contributed by atoms with Crippen LogP contribution in [-0.4, -0.2) is 47.2 Å². The van der Waals surface area contributed by atoms with Crippen LogP contribution < -0.4 is 0 Å². The SMILES string of the molecule is O=C1CCC[C@@H]2[C@H]3CCC[N@+]4([O-])CCC[C@@H](CN12)C34. The molecule has 0 aromatic carbocycles. The smallest absolute Gasteiger partial charge is 0.222 e. The van der Waals surface area contributed by atoms with Crippen LogP contribution >= 0.6 is 0 Å². The van der Waals surface area contributed by atoms with E-state index in [9.17, 15) is 10.0 Å². The summed E-state index contributed by atoms with van der Waals surface area (Å²) in [4.78, 5) is 14.3. The molecule has 0 saturated carbocycles. The largest absolute Gasteiger partial charge is 0.633 e. The van der Waals surface area contributed by atoms with Crippen molar-refractivity contribution in [2.45, 2.75) is 57.0 Å². The third kappa shape index (κ3) is 1.69. The molecule has 1 amide bonds. The Kier molecular flexibility index (Phi) is 2.68. The van der Waals surface area contributed by atoms with Gasteiger partial charge in [-0.2, -0.15) is 0 Å². The molecule has 0 spiro atoms. The van der Waals surface area contributed by atoms with E-state index in [0.29, 0.717) is 29.8 Å². The zero-order chi connectivity index (χ0) is 13.0. The summed E-state index contributed by atoms with van der Waals surface area (Å²) in [5.41, 5.74) is 0. The van der Waals surface area contributed by atoms with Gasteiger partial charge in [-0.25, -0.2) is 0 Å². The minimum absolute atomic E-state index is 0.0772. The van der Waals surface area contributed by atoms with Crippen molar-refractivity contribution in [2.24, 2.45) is 11.8 Å². The summed E-state index contributed by atoms with van der Waals surface area (Å²) in [7, 11) is 0. The molecular formula is C15H24N2O2. The first-order valence-electron chi connectivity index (χ1n) is 8.06. The Balaban J connectivity index is 1.69. The van der Waals surface area contributed by atoms with Gasteiger partial charge in [-0.05, 0) is 38.5 Å². The summed E-state index contributed by atoms with van der Waals surface area (Å²) in [6, 6.07) is 0.710. The Morgan fingerprint density at radius 1 is 1.11 bits per heavy atom. The van der Waals surface area contributed by atoms with Gasteiger partial charge < -0.3 is 14.8 Å². The quantitative estimate of drug-likeness (QED) is 0.495. The number of rotatable bonds is 0. The van der Waals surface area contributed by atoms with Crippen LogP contribution in [0.3, 0.4) is 0 Å². The van der Waals surface area contributed by atoms with Crippen molar-refractivity contribution in [3.05, 3.63) is 5.21 Å². The summed E-state index contributed by atoms with van der Waals surface area (Å²) < 4.78 is 0.0772. The number of piperidine rings is 4. The molecule has 4 aliphatic rings. The fourth-order valence-corrected chi connectivity index (χ4v) is 5.55. The minimum atomic E-state index is 0.0772. The minimum Gasteiger partial charge on any atom is -0.633 e. The first-order chi connectivity index (χ1) is 9.19. The lowest BCUT2D eigenvalue weighted by Gasteiger charge is -2.64. The molecule has 0 aliphatic carbocycles. The fourth-order valence-electron chi connectivity index (χ4n) is 5.55. The summed E-state index contributed by atoms with van der Waals surface area (Å²) in [5, 5.41) is 13.1. The molecule has 4 nitrogen and oxygen atoms in total. The Morgan fingerprint density at radius 2 is 1.89 bits per heavy atom. The Hall–Kier alpha value is -0.610. The second-order valence-corrected chi connectivity index (χ2v) is 7.10. The lowest BCUT2D eigenvalue weighted by atomic mass is 9.67. The number of fused-ring (bicyclic) bond motifs is 2. The maximum atomic E-state index is 13.1. The molecule has 5 atom stereocenters. The van der Waals surface area contributed by atoms with Crippen LogP contribution in [0, 0.1) is 17.0 Å². The molecule has 0 radical (unpaired) electrons. The summed E-state index contributed by atoms with van der Waals surface area (Å²) in [6.45, 7) is 2.55. The highest BCUT2D eigenvalue weighted by Gasteiger charge is 2.55. The molecule has 4 heterocycles. The van der Waals surface area contributed by atoms with Gasteiger partial charge in [0.25, 0.3) is 0 Å². The van der Waals surface area contributed by atoms with Crippen molar-refractivity contribution in [1.29, 1.82) is 0 Å². The molecule has 19 heavy (non-hydrogen) atoms. The monoisotopic (exact) mass is 264 g/mol. The highest BCUT2D eigenvalue weighted by atomic mass is 16.5. The number of hydrogen-bond acceptors (Lipinski definition) is 2. The van der Waals surface area contributed by atoms with Gasteiger partial charge >= 0.3 is 0 Å². The van der Waals surface area contributed by atoms with Crippen LogP contribution in [0.5, 0.6) is 0 Å². The van der Waals surface area contributed by atoms with Crippen molar-refractivity contribution in [2.75, 3.05) is 19.6 Å². The average Bonchev–Trinajstić information content (AvgIpc) is 2.40. The maximum Gasteiger partial charge on any atom is 0.222 e. The number of nitrogens with zero attached hydrogens (tertiary/aromatic N) is 2. The Bertz CT molecular complexity index is 396. The molecule has 4 fully saturated rings. The standard InChI is InChI=1S/C15H24N2O2/c18-14-7-1-6-13-12-5-3-9-17(19)8-2-4-11(15(12)17)10-16(13)14/h11-13,15H,1-10H2/t11-,12+,13+,15?,17+/m0/s1. The van der Waals surface area contributed by atoms with E-state index in [1.807, 2.05) is 0 Å². The topological polar surface area (TPSA) is 43.4 Å². The fraction of sp³-hybridized carbons (Fsp3) is 0.933. The molecule has 0 bridgehead atoms. The second kappa shape index (κ2) is 4.19. The van der Waals surface area contributed by atoms with Gasteiger partial charge in [-0.3, -0.25) is 4.79 Å². The molecule has 4 rings (SSSR count). The van der Waals surface area contributed by atoms with Crippen LogP contribution in [-0.2, 0) is 4.79 Å². The molecule has 4 aliphatic heterocycles. The van der Waals surface area contributed by atoms with Crippen molar-refractivity contribution < 1.29 is 9.44 Å². The van der Waals surface area contributed by atoms with Gasteiger partial charge in [-0.1, -0.05) is 0 Å². The van der Waals surface area contributed by atoms with E-state index >= 15 is 0 Å². The van der Waals surface area contributed by atoms with Crippen molar-refractivity contribution in [3.8, 4) is 0 Å². The predicted octanol–water partition coefficient (Wildman–Crippen LogP) is 1.88. The first kappa shape index (κ1) is 12.2. The molecule has 0 aromatic rings. The number of carbonyl (C=O) groups is 1. The molecule has 106 valence electrons. The molecule has 4 heteroatoms. The van der Waals surface area contributed by atoms with Gasteiger partial charge in [0.2, 0.25) is 5.91 Å². The van der Waals surface area contributed by atoms with E-state index in [1.165, 1.54) is 12.8 Å². The third-order valence-corrected chi connectivity index (χ3v) is 6.19. The first-order valence-corrected chi connectivity index (χ1v) is 8.06. The van der Waals surface area contributed by atoms with Gasteiger partial charge in [0.05, 0.1) is 19.1 Å². The molecule has 0 N–H and O–H groups in total. The molecule has 1 unspecified atom stereocenters. The van der Waals surface area contributed by atoms with Crippen molar-refractivity contribution >= 4 is 5.91 Å². The number of hydrogen-bond donors (Lipinski definition) is 0. The lowest BCUT2D eigenvalue weighted by molar-refractivity contribution is -0.925. The summed E-state index contributed by atoms with van der Waals surface area (Å²) in [5.74, 6) is 1.33. The van der Waals surface area contributed by atoms with Crippen LogP contribution in [0.1, 0.15) is 44.9 Å². The van der Waals surface area contributed by atoms with Crippen molar-refractivity contribution in [3.63, 3.8) is 0 Å². The zero-order valence-electron chi connectivity index (χ0n) is 11.6. The van der Waals surface area contributed by atoms with E-state index in [0.717, 1.165) is 51.7 Å². The maximum absolute atomic E-state index is 13.1. The number of carbonyl (C=O) groups excluding carboxylic acids is 1. The second-order valence-electron chi connectivity index (χ2n) is 7.10. The highest BCUT2D eigenvalue weighted by molar-refractivity contribution is 5.77. The van der Waals surface area contributed by atoms with E-state index < -0.39 is 0 Å². The van der Waals surface area contributed by atoms with Gasteiger partial charge in [0, 0.05) is 30.8 Å².